The predicted octanol–water partition coefficient (Wildman–Crippen LogP) is 1.68. The standard InChI is InChI=1S/C14H14N4O/c15-8-11-2-1-7-17-14(11)18-9-13(19)10-3-5-12(16)6-4-10/h1-7,13,19H,9,16H2,(H,17,18). The van der Waals surface area contributed by atoms with E-state index in [4.69, 9.17) is 11.0 Å². The third kappa shape index (κ3) is 3.21. The molecule has 1 heterocycles. The van der Waals surface area contributed by atoms with Gasteiger partial charge in [0, 0.05) is 18.4 Å². The first-order valence-electron chi connectivity index (χ1n) is 5.83. The molecule has 19 heavy (non-hydrogen) atoms. The minimum Gasteiger partial charge on any atom is -0.399 e. The molecule has 5 nitrogen and oxygen atoms in total. The van der Waals surface area contributed by atoms with Crippen LogP contribution in [0.2, 0.25) is 0 Å². The molecule has 4 N–H and O–H groups in total. The van der Waals surface area contributed by atoms with Crippen LogP contribution >= 0.6 is 0 Å². The first kappa shape index (κ1) is 12.9. The molecule has 2 aromatic rings. The topological polar surface area (TPSA) is 95.0 Å². The fourth-order valence-electron chi connectivity index (χ4n) is 1.67. The van der Waals surface area contributed by atoms with Crippen LogP contribution in [0, 0.1) is 11.3 Å². The van der Waals surface area contributed by atoms with Crippen molar-refractivity contribution in [2.75, 3.05) is 17.6 Å². The summed E-state index contributed by atoms with van der Waals surface area (Å²) in [5.41, 5.74) is 7.45. The van der Waals surface area contributed by atoms with Gasteiger partial charge in [0.2, 0.25) is 0 Å². The molecule has 1 aromatic heterocycles. The van der Waals surface area contributed by atoms with Crippen LogP contribution in [-0.2, 0) is 0 Å². The highest BCUT2D eigenvalue weighted by Crippen LogP contribution is 2.16. The lowest BCUT2D eigenvalue weighted by molar-refractivity contribution is 0.191. The average molecular weight is 254 g/mol. The van der Waals surface area contributed by atoms with Crippen molar-refractivity contribution in [1.82, 2.24) is 4.98 Å². The minimum atomic E-state index is -0.686. The third-order valence-electron chi connectivity index (χ3n) is 2.71. The van der Waals surface area contributed by atoms with Crippen molar-refractivity contribution >= 4 is 11.5 Å². The van der Waals surface area contributed by atoms with E-state index in [1.54, 1.807) is 42.6 Å². The zero-order chi connectivity index (χ0) is 13.7. The smallest absolute Gasteiger partial charge is 0.143 e. The SMILES string of the molecule is N#Cc1cccnc1NCC(O)c1ccc(N)cc1. The number of pyridine rings is 1. The zero-order valence-corrected chi connectivity index (χ0v) is 10.2. The second-order valence-electron chi connectivity index (χ2n) is 4.07. The fraction of sp³-hybridized carbons (Fsp3) is 0.143. The number of rotatable bonds is 4. The van der Waals surface area contributed by atoms with Gasteiger partial charge in [0.25, 0.3) is 0 Å². The lowest BCUT2D eigenvalue weighted by Gasteiger charge is -2.13. The minimum absolute atomic E-state index is 0.273. The average Bonchev–Trinajstić information content (AvgIpc) is 2.45. The van der Waals surface area contributed by atoms with Gasteiger partial charge < -0.3 is 16.2 Å². The number of anilines is 2. The molecule has 1 unspecified atom stereocenters. The highest BCUT2D eigenvalue weighted by Gasteiger charge is 2.09. The molecule has 0 aliphatic rings. The second-order valence-corrected chi connectivity index (χ2v) is 4.07. The van der Waals surface area contributed by atoms with Crippen LogP contribution in [0.3, 0.4) is 0 Å². The number of nitrogen functional groups attached to an aromatic ring is 1. The number of aliphatic hydroxyl groups is 1. The first-order chi connectivity index (χ1) is 9.20. The summed E-state index contributed by atoms with van der Waals surface area (Å²) in [4.78, 5) is 4.06. The highest BCUT2D eigenvalue weighted by atomic mass is 16.3. The number of aliphatic hydroxyl groups excluding tert-OH is 1. The molecule has 2 rings (SSSR count). The largest absolute Gasteiger partial charge is 0.399 e. The van der Waals surface area contributed by atoms with Crippen LogP contribution in [0.4, 0.5) is 11.5 Å². The van der Waals surface area contributed by atoms with Crippen LogP contribution in [0.25, 0.3) is 0 Å². The number of hydrogen-bond donors (Lipinski definition) is 3. The summed E-state index contributed by atoms with van der Waals surface area (Å²) >= 11 is 0. The lowest BCUT2D eigenvalue weighted by Crippen LogP contribution is -2.13. The van der Waals surface area contributed by atoms with Gasteiger partial charge in [-0.05, 0) is 29.8 Å². The normalized spacial score (nSPS) is 11.6. The van der Waals surface area contributed by atoms with Gasteiger partial charge in [0.05, 0.1) is 11.7 Å². The van der Waals surface area contributed by atoms with Gasteiger partial charge in [0.1, 0.15) is 11.9 Å². The Kier molecular flexibility index (Phi) is 3.96. The molecule has 0 amide bonds. The monoisotopic (exact) mass is 254 g/mol. The van der Waals surface area contributed by atoms with Gasteiger partial charge in [-0.15, -0.1) is 0 Å². The molecule has 0 aliphatic heterocycles. The molecule has 0 aliphatic carbocycles. The summed E-state index contributed by atoms with van der Waals surface area (Å²) in [6.07, 6.45) is 0.910. The van der Waals surface area contributed by atoms with Crippen molar-refractivity contribution in [3.05, 3.63) is 53.7 Å². The van der Waals surface area contributed by atoms with Crippen LogP contribution in [0.15, 0.2) is 42.6 Å². The number of nitrogens with one attached hydrogen (secondary N) is 1. The van der Waals surface area contributed by atoms with E-state index in [1.165, 1.54) is 0 Å². The van der Waals surface area contributed by atoms with E-state index in [1.807, 2.05) is 6.07 Å². The maximum absolute atomic E-state index is 10.0. The number of hydrogen-bond acceptors (Lipinski definition) is 5. The third-order valence-corrected chi connectivity index (χ3v) is 2.71. The van der Waals surface area contributed by atoms with E-state index in [0.29, 0.717) is 17.1 Å². The maximum atomic E-state index is 10.0. The molecule has 0 spiro atoms. The first-order valence-corrected chi connectivity index (χ1v) is 5.83. The molecule has 5 heteroatoms. The molecular weight excluding hydrogens is 240 g/mol. The molecular formula is C14H14N4O. The van der Waals surface area contributed by atoms with Crippen LogP contribution < -0.4 is 11.1 Å². The second kappa shape index (κ2) is 5.85. The Morgan fingerprint density at radius 2 is 2.05 bits per heavy atom. The van der Waals surface area contributed by atoms with Crippen LogP contribution in [-0.4, -0.2) is 16.6 Å². The van der Waals surface area contributed by atoms with E-state index in [-0.39, 0.29) is 6.54 Å². The number of benzene rings is 1. The Labute approximate surface area is 111 Å². The van der Waals surface area contributed by atoms with E-state index in [2.05, 4.69) is 10.3 Å². The molecule has 0 fully saturated rings. The van der Waals surface area contributed by atoms with Crippen molar-refractivity contribution in [1.29, 1.82) is 5.26 Å². The lowest BCUT2D eigenvalue weighted by atomic mass is 10.1. The van der Waals surface area contributed by atoms with Gasteiger partial charge >= 0.3 is 0 Å². The van der Waals surface area contributed by atoms with Crippen LogP contribution in [0.5, 0.6) is 0 Å². The summed E-state index contributed by atoms with van der Waals surface area (Å²) in [5.74, 6) is 0.472. The summed E-state index contributed by atoms with van der Waals surface area (Å²) in [7, 11) is 0. The Hall–Kier alpha value is -2.58. The van der Waals surface area contributed by atoms with E-state index < -0.39 is 6.10 Å². The van der Waals surface area contributed by atoms with Crippen molar-refractivity contribution in [2.45, 2.75) is 6.10 Å². The highest BCUT2D eigenvalue weighted by molar-refractivity contribution is 5.51. The quantitative estimate of drug-likeness (QED) is 0.721. The van der Waals surface area contributed by atoms with Crippen molar-refractivity contribution in [3.63, 3.8) is 0 Å². The number of nitriles is 1. The Bertz CT molecular complexity index is 589. The zero-order valence-electron chi connectivity index (χ0n) is 10.2. The molecule has 0 radical (unpaired) electrons. The molecule has 0 saturated heterocycles. The van der Waals surface area contributed by atoms with Crippen LogP contribution in [0.1, 0.15) is 17.2 Å². The van der Waals surface area contributed by atoms with Gasteiger partial charge in [-0.3, -0.25) is 0 Å². The molecule has 1 atom stereocenters. The van der Waals surface area contributed by atoms with Crippen molar-refractivity contribution < 1.29 is 5.11 Å². The van der Waals surface area contributed by atoms with E-state index >= 15 is 0 Å². The molecule has 0 saturated carbocycles. The van der Waals surface area contributed by atoms with Crippen molar-refractivity contribution in [3.8, 4) is 6.07 Å². The van der Waals surface area contributed by atoms with Gasteiger partial charge in [0.15, 0.2) is 0 Å². The Morgan fingerprint density at radius 1 is 1.32 bits per heavy atom. The van der Waals surface area contributed by atoms with Gasteiger partial charge in [-0.25, -0.2) is 4.98 Å². The Balaban J connectivity index is 2.02. The summed E-state index contributed by atoms with van der Waals surface area (Å²) in [6, 6.07) is 12.4. The van der Waals surface area contributed by atoms with E-state index in [9.17, 15) is 5.11 Å². The number of nitrogens with two attached hydrogens (primary N) is 1. The maximum Gasteiger partial charge on any atom is 0.143 e. The summed E-state index contributed by atoms with van der Waals surface area (Å²) in [6.45, 7) is 0.273. The summed E-state index contributed by atoms with van der Waals surface area (Å²) < 4.78 is 0. The number of nitrogens with zero attached hydrogens (tertiary/aromatic N) is 2. The number of aromatic nitrogens is 1. The van der Waals surface area contributed by atoms with Crippen molar-refractivity contribution in [2.24, 2.45) is 0 Å². The Morgan fingerprint density at radius 3 is 2.74 bits per heavy atom. The van der Waals surface area contributed by atoms with Gasteiger partial charge in [-0.2, -0.15) is 5.26 Å². The van der Waals surface area contributed by atoms with Gasteiger partial charge in [-0.1, -0.05) is 12.1 Å². The fourth-order valence-corrected chi connectivity index (χ4v) is 1.67. The summed E-state index contributed by atoms with van der Waals surface area (Å²) in [5, 5.41) is 21.9. The molecule has 96 valence electrons. The van der Waals surface area contributed by atoms with E-state index in [0.717, 1.165) is 5.56 Å². The predicted molar refractivity (Wildman–Crippen MR) is 73.3 cm³/mol. The molecule has 0 bridgehead atoms. The molecule has 1 aromatic carbocycles.